The van der Waals surface area contributed by atoms with E-state index >= 15 is 0 Å². The monoisotopic (exact) mass is 302 g/mol. The quantitative estimate of drug-likeness (QED) is 0.788. The van der Waals surface area contributed by atoms with Gasteiger partial charge in [0.05, 0.1) is 6.20 Å². The van der Waals surface area contributed by atoms with Crippen LogP contribution in [0.25, 0.3) is 5.52 Å². The van der Waals surface area contributed by atoms with Crippen molar-refractivity contribution in [3.63, 3.8) is 0 Å². The van der Waals surface area contributed by atoms with E-state index in [4.69, 9.17) is 0 Å². The summed E-state index contributed by atoms with van der Waals surface area (Å²) in [6.07, 6.45) is 4.33. The Balaban J connectivity index is 2.06. The molecule has 3 nitrogen and oxygen atoms in total. The third kappa shape index (κ3) is 1.88. The lowest BCUT2D eigenvalue weighted by atomic mass is 10.1. The van der Waals surface area contributed by atoms with Crippen LogP contribution in [-0.2, 0) is 6.42 Å². The highest BCUT2D eigenvalue weighted by atomic mass is 79.9. The molecule has 0 bridgehead atoms. The summed E-state index contributed by atoms with van der Waals surface area (Å²) in [6, 6.07) is 11.6. The average Bonchev–Trinajstić information content (AvgIpc) is 2.77. The minimum Gasteiger partial charge on any atom is -0.506 e. The van der Waals surface area contributed by atoms with Gasteiger partial charge in [-0.2, -0.15) is 0 Å². The van der Waals surface area contributed by atoms with E-state index in [1.165, 1.54) is 5.56 Å². The Morgan fingerprint density at radius 2 is 2.00 bits per heavy atom. The van der Waals surface area contributed by atoms with Gasteiger partial charge < -0.3 is 9.51 Å². The third-order valence-corrected chi connectivity index (χ3v) is 3.71. The molecule has 2 heterocycles. The molecule has 0 aliphatic carbocycles. The zero-order valence-electron chi connectivity index (χ0n) is 9.55. The molecule has 3 aromatic rings. The number of hydrogen-bond acceptors (Lipinski definition) is 2. The van der Waals surface area contributed by atoms with Gasteiger partial charge in [0.25, 0.3) is 0 Å². The van der Waals surface area contributed by atoms with E-state index in [2.05, 4.69) is 27.0 Å². The predicted molar refractivity (Wildman–Crippen MR) is 73.8 cm³/mol. The summed E-state index contributed by atoms with van der Waals surface area (Å²) in [5, 5.41) is 9.74. The van der Waals surface area contributed by atoms with Crippen LogP contribution < -0.4 is 0 Å². The van der Waals surface area contributed by atoms with Crippen molar-refractivity contribution in [1.29, 1.82) is 0 Å². The number of benzene rings is 1. The maximum atomic E-state index is 9.74. The number of fused-ring (bicyclic) bond motifs is 1. The topological polar surface area (TPSA) is 37.5 Å². The van der Waals surface area contributed by atoms with Gasteiger partial charge in [-0.25, -0.2) is 4.98 Å². The Morgan fingerprint density at radius 3 is 2.83 bits per heavy atom. The minimum atomic E-state index is 0.253. The second-order valence-electron chi connectivity index (χ2n) is 4.09. The third-order valence-electron chi connectivity index (χ3n) is 2.93. The van der Waals surface area contributed by atoms with Crippen LogP contribution in [0, 0.1) is 0 Å². The molecule has 0 amide bonds. The zero-order valence-corrected chi connectivity index (χ0v) is 11.1. The molecule has 1 aromatic carbocycles. The lowest BCUT2D eigenvalue weighted by Gasteiger charge is -2.04. The van der Waals surface area contributed by atoms with Crippen LogP contribution in [0.5, 0.6) is 5.75 Å². The molecule has 0 aliphatic heterocycles. The first-order valence-electron chi connectivity index (χ1n) is 5.63. The van der Waals surface area contributed by atoms with Crippen molar-refractivity contribution in [3.05, 3.63) is 64.7 Å². The van der Waals surface area contributed by atoms with Gasteiger partial charge in [-0.3, -0.25) is 0 Å². The smallest absolute Gasteiger partial charge is 0.141 e. The minimum absolute atomic E-state index is 0.253. The Kier molecular flexibility index (Phi) is 2.80. The van der Waals surface area contributed by atoms with E-state index in [-0.39, 0.29) is 5.75 Å². The Morgan fingerprint density at radius 1 is 1.17 bits per heavy atom. The van der Waals surface area contributed by atoms with Crippen molar-refractivity contribution in [2.75, 3.05) is 0 Å². The Labute approximate surface area is 113 Å². The van der Waals surface area contributed by atoms with E-state index in [9.17, 15) is 5.11 Å². The number of nitrogens with zero attached hydrogens (tertiary/aromatic N) is 2. The summed E-state index contributed by atoms with van der Waals surface area (Å²) < 4.78 is 2.98. The molecule has 90 valence electrons. The lowest BCUT2D eigenvalue weighted by Crippen LogP contribution is -1.96. The summed E-state index contributed by atoms with van der Waals surface area (Å²) in [7, 11) is 0. The number of imidazole rings is 1. The van der Waals surface area contributed by atoms with Crippen molar-refractivity contribution in [2.24, 2.45) is 0 Å². The molecule has 0 atom stereocenters. The van der Waals surface area contributed by atoms with Crippen LogP contribution in [0.2, 0.25) is 0 Å². The van der Waals surface area contributed by atoms with E-state index in [0.717, 1.165) is 22.2 Å². The number of hydrogen-bond donors (Lipinski definition) is 1. The van der Waals surface area contributed by atoms with E-state index in [0.29, 0.717) is 0 Å². The van der Waals surface area contributed by atoms with Gasteiger partial charge in [-0.05, 0) is 23.8 Å². The first-order chi connectivity index (χ1) is 8.75. The second-order valence-corrected chi connectivity index (χ2v) is 4.95. The first-order valence-corrected chi connectivity index (χ1v) is 6.42. The van der Waals surface area contributed by atoms with Gasteiger partial charge >= 0.3 is 0 Å². The number of aromatic nitrogens is 2. The molecule has 0 unspecified atom stereocenters. The molecule has 0 radical (unpaired) electrons. The van der Waals surface area contributed by atoms with E-state index in [1.807, 2.05) is 34.9 Å². The molecular formula is C14H11BrN2O. The average molecular weight is 303 g/mol. The van der Waals surface area contributed by atoms with Gasteiger partial charge in [0.15, 0.2) is 0 Å². The molecule has 0 saturated carbocycles. The molecule has 0 spiro atoms. The van der Waals surface area contributed by atoms with Gasteiger partial charge in [-0.15, -0.1) is 0 Å². The highest BCUT2D eigenvalue weighted by molar-refractivity contribution is 9.10. The first kappa shape index (κ1) is 11.3. The Bertz CT molecular complexity index is 706. The SMILES string of the molecule is Oc1cccn2c(Cc3ccccc3Br)ncc12. The molecule has 0 fully saturated rings. The van der Waals surface area contributed by atoms with Crippen LogP contribution in [0.15, 0.2) is 53.3 Å². The molecule has 1 N–H and O–H groups in total. The standard InChI is InChI=1S/C14H11BrN2O/c15-11-5-2-1-4-10(11)8-14-16-9-12-13(18)6-3-7-17(12)14/h1-7,9,18H,8H2. The summed E-state index contributed by atoms with van der Waals surface area (Å²) >= 11 is 3.53. The fourth-order valence-electron chi connectivity index (χ4n) is 2.00. The molecule has 3 rings (SSSR count). The maximum absolute atomic E-state index is 9.74. The molecule has 0 saturated heterocycles. The summed E-state index contributed by atoms with van der Waals surface area (Å²) in [4.78, 5) is 4.37. The largest absolute Gasteiger partial charge is 0.506 e. The van der Waals surface area contributed by atoms with Gasteiger partial charge in [0.1, 0.15) is 17.1 Å². The number of aromatic hydroxyl groups is 1. The van der Waals surface area contributed by atoms with Crippen LogP contribution >= 0.6 is 15.9 Å². The second kappa shape index (κ2) is 4.46. The van der Waals surface area contributed by atoms with Crippen LogP contribution in [0.3, 0.4) is 0 Å². The van der Waals surface area contributed by atoms with Crippen molar-refractivity contribution in [1.82, 2.24) is 9.38 Å². The van der Waals surface area contributed by atoms with Crippen molar-refractivity contribution < 1.29 is 5.11 Å². The molecule has 2 aromatic heterocycles. The predicted octanol–water partition coefficient (Wildman–Crippen LogP) is 3.39. The Hall–Kier alpha value is -1.81. The van der Waals surface area contributed by atoms with Crippen LogP contribution in [0.4, 0.5) is 0 Å². The highest BCUT2D eigenvalue weighted by Gasteiger charge is 2.08. The van der Waals surface area contributed by atoms with Crippen LogP contribution in [0.1, 0.15) is 11.4 Å². The van der Waals surface area contributed by atoms with Gasteiger partial charge in [-0.1, -0.05) is 34.1 Å². The molecule has 4 heteroatoms. The number of rotatable bonds is 2. The van der Waals surface area contributed by atoms with E-state index in [1.54, 1.807) is 12.3 Å². The van der Waals surface area contributed by atoms with Crippen molar-refractivity contribution >= 4 is 21.4 Å². The molecule has 18 heavy (non-hydrogen) atoms. The highest BCUT2D eigenvalue weighted by Crippen LogP contribution is 2.22. The molecule has 0 aliphatic rings. The van der Waals surface area contributed by atoms with Gasteiger partial charge in [0, 0.05) is 17.1 Å². The number of pyridine rings is 1. The van der Waals surface area contributed by atoms with Crippen molar-refractivity contribution in [2.45, 2.75) is 6.42 Å². The van der Waals surface area contributed by atoms with E-state index < -0.39 is 0 Å². The normalized spacial score (nSPS) is 10.9. The summed E-state index contributed by atoms with van der Waals surface area (Å²) in [5.41, 5.74) is 1.91. The zero-order chi connectivity index (χ0) is 12.5. The lowest BCUT2D eigenvalue weighted by molar-refractivity contribution is 0.479. The van der Waals surface area contributed by atoms with Gasteiger partial charge in [0.2, 0.25) is 0 Å². The summed E-state index contributed by atoms with van der Waals surface area (Å²) in [5.74, 6) is 1.16. The molecular weight excluding hydrogens is 292 g/mol. The fourth-order valence-corrected chi connectivity index (χ4v) is 2.43. The van der Waals surface area contributed by atoms with Crippen molar-refractivity contribution in [3.8, 4) is 5.75 Å². The van der Waals surface area contributed by atoms with Crippen LogP contribution in [-0.4, -0.2) is 14.5 Å². The number of halogens is 1. The fraction of sp³-hybridized carbons (Fsp3) is 0.0714. The maximum Gasteiger partial charge on any atom is 0.141 e. The summed E-state index contributed by atoms with van der Waals surface area (Å²) in [6.45, 7) is 0.